The number of halogens is 4. The highest BCUT2D eigenvalue weighted by molar-refractivity contribution is 14.1. The van der Waals surface area contributed by atoms with Gasteiger partial charge in [0.05, 0.1) is 16.7 Å². The molecule has 3 aromatic rings. The van der Waals surface area contributed by atoms with Crippen LogP contribution >= 0.6 is 22.6 Å². The van der Waals surface area contributed by atoms with Crippen LogP contribution in [0.25, 0.3) is 5.69 Å². The maximum Gasteiger partial charge on any atom is 0.416 e. The van der Waals surface area contributed by atoms with Gasteiger partial charge in [0.15, 0.2) is 0 Å². The summed E-state index contributed by atoms with van der Waals surface area (Å²) in [5, 5.41) is 15.2. The van der Waals surface area contributed by atoms with E-state index in [9.17, 15) is 23.3 Å². The van der Waals surface area contributed by atoms with E-state index in [4.69, 9.17) is 0 Å². The molecule has 0 aliphatic rings. The second kappa shape index (κ2) is 8.46. The number of nitro benzene ring substituents is 1. The largest absolute Gasteiger partial charge is 0.416 e. The number of rotatable bonds is 5. The molecule has 0 amide bonds. The first-order valence-electron chi connectivity index (χ1n) is 8.67. The highest BCUT2D eigenvalue weighted by Gasteiger charge is 2.33. The third kappa shape index (κ3) is 4.64. The lowest BCUT2D eigenvalue weighted by atomic mass is 10.1. The molecule has 30 heavy (non-hydrogen) atoms. The quantitative estimate of drug-likeness (QED) is 0.189. The number of hydrazone groups is 1. The lowest BCUT2D eigenvalue weighted by Gasteiger charge is -2.10. The summed E-state index contributed by atoms with van der Waals surface area (Å²) in [5.74, 6) is 0. The third-order valence-electron chi connectivity index (χ3n) is 4.45. The van der Waals surface area contributed by atoms with Gasteiger partial charge in [0.2, 0.25) is 0 Å². The summed E-state index contributed by atoms with van der Waals surface area (Å²) in [6, 6.07) is 12.1. The van der Waals surface area contributed by atoms with Gasteiger partial charge in [-0.25, -0.2) is 0 Å². The second-order valence-electron chi connectivity index (χ2n) is 6.50. The van der Waals surface area contributed by atoms with Crippen LogP contribution in [0.5, 0.6) is 0 Å². The summed E-state index contributed by atoms with van der Waals surface area (Å²) in [5.41, 5.74) is 4.19. The van der Waals surface area contributed by atoms with E-state index in [1.807, 2.05) is 48.7 Å². The Morgan fingerprint density at radius 3 is 2.53 bits per heavy atom. The SMILES string of the molecule is Cc1cc(/C=N\Nc2ccc(C(F)(F)F)cc2[N+](=O)[O-])c(C)n1-c1cccc(I)c1. The molecule has 0 saturated heterocycles. The van der Waals surface area contributed by atoms with Crippen LogP contribution in [0, 0.1) is 27.5 Å². The number of anilines is 1. The predicted octanol–water partition coefficient (Wildman–Crippen LogP) is 6.07. The fourth-order valence-electron chi connectivity index (χ4n) is 3.06. The van der Waals surface area contributed by atoms with Crippen LogP contribution in [-0.4, -0.2) is 15.7 Å². The highest BCUT2D eigenvalue weighted by atomic mass is 127. The zero-order chi connectivity index (χ0) is 22.1. The number of benzene rings is 2. The molecule has 156 valence electrons. The summed E-state index contributed by atoms with van der Waals surface area (Å²) < 4.78 is 41.6. The summed E-state index contributed by atoms with van der Waals surface area (Å²) in [7, 11) is 0. The van der Waals surface area contributed by atoms with E-state index < -0.39 is 22.4 Å². The Kier molecular flexibility index (Phi) is 6.15. The zero-order valence-electron chi connectivity index (χ0n) is 15.9. The van der Waals surface area contributed by atoms with Crippen molar-refractivity contribution >= 4 is 40.2 Å². The number of nitrogens with zero attached hydrogens (tertiary/aromatic N) is 3. The topological polar surface area (TPSA) is 72.5 Å². The zero-order valence-corrected chi connectivity index (χ0v) is 18.0. The van der Waals surface area contributed by atoms with Gasteiger partial charge in [-0.15, -0.1) is 0 Å². The molecule has 0 fully saturated rings. The average Bonchev–Trinajstić information content (AvgIpc) is 2.94. The predicted molar refractivity (Wildman–Crippen MR) is 117 cm³/mol. The van der Waals surface area contributed by atoms with Crippen molar-refractivity contribution < 1.29 is 18.1 Å². The van der Waals surface area contributed by atoms with Gasteiger partial charge in [0.25, 0.3) is 5.69 Å². The number of hydrogen-bond donors (Lipinski definition) is 1. The van der Waals surface area contributed by atoms with Crippen molar-refractivity contribution in [3.63, 3.8) is 0 Å². The molecule has 6 nitrogen and oxygen atoms in total. The van der Waals surface area contributed by atoms with Crippen LogP contribution in [0.1, 0.15) is 22.5 Å². The number of nitro groups is 1. The van der Waals surface area contributed by atoms with Gasteiger partial charge in [-0.1, -0.05) is 6.07 Å². The van der Waals surface area contributed by atoms with Crippen LogP contribution in [-0.2, 0) is 6.18 Å². The minimum Gasteiger partial charge on any atom is -0.318 e. The fraction of sp³-hybridized carbons (Fsp3) is 0.150. The Bertz CT molecular complexity index is 1140. The van der Waals surface area contributed by atoms with Gasteiger partial charge in [-0.2, -0.15) is 18.3 Å². The number of alkyl halides is 3. The van der Waals surface area contributed by atoms with Gasteiger partial charge >= 0.3 is 6.18 Å². The molecule has 2 aromatic carbocycles. The molecule has 0 bridgehead atoms. The van der Waals surface area contributed by atoms with Crippen LogP contribution in [0.3, 0.4) is 0 Å². The Labute approximate surface area is 183 Å². The first-order chi connectivity index (χ1) is 14.1. The molecule has 0 aliphatic heterocycles. The van der Waals surface area contributed by atoms with Gasteiger partial charge < -0.3 is 4.57 Å². The summed E-state index contributed by atoms with van der Waals surface area (Å²) in [4.78, 5) is 10.3. The third-order valence-corrected chi connectivity index (χ3v) is 5.12. The lowest BCUT2D eigenvalue weighted by molar-refractivity contribution is -0.384. The van der Waals surface area contributed by atoms with E-state index in [1.54, 1.807) is 0 Å². The van der Waals surface area contributed by atoms with E-state index >= 15 is 0 Å². The van der Waals surface area contributed by atoms with E-state index in [2.05, 4.69) is 33.1 Å². The molecule has 0 radical (unpaired) electrons. The molecule has 1 N–H and O–H groups in total. The van der Waals surface area contributed by atoms with Crippen molar-refractivity contribution in [1.29, 1.82) is 0 Å². The molecule has 0 saturated carbocycles. The molecular formula is C20H16F3IN4O2. The Hall–Kier alpha value is -2.89. The number of nitrogens with one attached hydrogen (secondary N) is 1. The van der Waals surface area contributed by atoms with Gasteiger partial charge in [-0.05, 0) is 72.8 Å². The van der Waals surface area contributed by atoms with Gasteiger partial charge in [0, 0.05) is 32.3 Å². The number of aromatic nitrogens is 1. The second-order valence-corrected chi connectivity index (χ2v) is 7.74. The van der Waals surface area contributed by atoms with Crippen LogP contribution in [0.4, 0.5) is 24.5 Å². The van der Waals surface area contributed by atoms with Crippen LogP contribution in [0.2, 0.25) is 0 Å². The van der Waals surface area contributed by atoms with Crippen molar-refractivity contribution in [2.24, 2.45) is 5.10 Å². The number of hydrogen-bond acceptors (Lipinski definition) is 4. The molecule has 1 heterocycles. The summed E-state index contributed by atoms with van der Waals surface area (Å²) >= 11 is 2.23. The Morgan fingerprint density at radius 1 is 1.17 bits per heavy atom. The van der Waals surface area contributed by atoms with Crippen molar-refractivity contribution in [3.05, 3.63) is 84.7 Å². The van der Waals surface area contributed by atoms with E-state index in [0.29, 0.717) is 6.07 Å². The van der Waals surface area contributed by atoms with Crippen molar-refractivity contribution in [1.82, 2.24) is 4.57 Å². The lowest BCUT2D eigenvalue weighted by Crippen LogP contribution is -2.06. The molecular weight excluding hydrogens is 512 g/mol. The molecule has 0 spiro atoms. The first kappa shape index (κ1) is 21.8. The highest BCUT2D eigenvalue weighted by Crippen LogP contribution is 2.35. The Balaban J connectivity index is 1.88. The van der Waals surface area contributed by atoms with E-state index in [1.165, 1.54) is 6.21 Å². The van der Waals surface area contributed by atoms with Crippen molar-refractivity contribution in [2.45, 2.75) is 20.0 Å². The minimum atomic E-state index is -4.67. The first-order valence-corrected chi connectivity index (χ1v) is 9.75. The maximum atomic E-state index is 12.8. The molecule has 10 heteroatoms. The fourth-order valence-corrected chi connectivity index (χ4v) is 3.58. The molecule has 3 rings (SSSR count). The van der Waals surface area contributed by atoms with Crippen LogP contribution < -0.4 is 5.43 Å². The van der Waals surface area contributed by atoms with E-state index in [0.717, 1.165) is 38.3 Å². The van der Waals surface area contributed by atoms with E-state index in [-0.39, 0.29) is 5.69 Å². The smallest absolute Gasteiger partial charge is 0.318 e. The average molecular weight is 528 g/mol. The summed E-state index contributed by atoms with van der Waals surface area (Å²) in [6.45, 7) is 3.85. The standard InChI is InChI=1S/C20H16F3IN4O2/c1-12-8-14(13(2)27(12)17-5-3-4-16(24)10-17)11-25-26-18-7-6-15(20(21,22)23)9-19(18)28(29)30/h3-11,26H,1-2H3/b25-11-. The molecule has 0 atom stereocenters. The molecule has 1 aromatic heterocycles. The Morgan fingerprint density at radius 2 is 1.90 bits per heavy atom. The minimum absolute atomic E-state index is 0.129. The van der Waals surface area contributed by atoms with Crippen molar-refractivity contribution in [2.75, 3.05) is 5.43 Å². The number of aryl methyl sites for hydroxylation is 1. The van der Waals surface area contributed by atoms with Crippen molar-refractivity contribution in [3.8, 4) is 5.69 Å². The van der Waals surface area contributed by atoms with Gasteiger partial charge in [-0.3, -0.25) is 15.5 Å². The molecule has 0 aliphatic carbocycles. The normalized spacial score (nSPS) is 11.8. The van der Waals surface area contributed by atoms with Crippen LogP contribution in [0.15, 0.2) is 53.6 Å². The summed E-state index contributed by atoms with van der Waals surface area (Å²) in [6.07, 6.45) is -3.19. The monoisotopic (exact) mass is 528 g/mol. The molecule has 0 unspecified atom stereocenters. The maximum absolute atomic E-state index is 12.8. The van der Waals surface area contributed by atoms with Gasteiger partial charge in [0.1, 0.15) is 5.69 Å².